The van der Waals surface area contributed by atoms with E-state index in [9.17, 15) is 0 Å². The number of nitrogens with two attached hydrogens (primary N) is 1. The van der Waals surface area contributed by atoms with E-state index < -0.39 is 0 Å². The molecule has 0 bridgehead atoms. The van der Waals surface area contributed by atoms with Crippen LogP contribution in [0.25, 0.3) is 0 Å². The first-order valence-corrected chi connectivity index (χ1v) is 7.53. The summed E-state index contributed by atoms with van der Waals surface area (Å²) in [6.07, 6.45) is 0.839. The lowest BCUT2D eigenvalue weighted by Gasteiger charge is -2.20. The molecule has 4 nitrogen and oxygen atoms in total. The number of benzene rings is 1. The second-order valence-corrected chi connectivity index (χ2v) is 6.88. The van der Waals surface area contributed by atoms with Gasteiger partial charge in [-0.3, -0.25) is 11.3 Å². The van der Waals surface area contributed by atoms with Crippen LogP contribution < -0.4 is 11.3 Å². The molecule has 2 rings (SSSR count). The Hall–Kier alpha value is -1.30. The summed E-state index contributed by atoms with van der Waals surface area (Å²) in [5, 5.41) is 4.05. The van der Waals surface area contributed by atoms with Crippen LogP contribution in [-0.2, 0) is 11.8 Å². The zero-order chi connectivity index (χ0) is 14.8. The lowest BCUT2D eigenvalue weighted by Crippen LogP contribution is -2.29. The minimum Gasteiger partial charge on any atom is -0.271 e. The van der Waals surface area contributed by atoms with E-state index in [0.717, 1.165) is 17.0 Å². The predicted octanol–water partition coefficient (Wildman–Crippen LogP) is 2.89. The minimum absolute atomic E-state index is 0.0653. The average molecular weight is 290 g/mol. The fourth-order valence-electron chi connectivity index (χ4n) is 2.16. The molecule has 0 aliphatic carbocycles. The number of hydrogen-bond donors (Lipinski definition) is 2. The highest BCUT2D eigenvalue weighted by atomic mass is 32.1. The summed E-state index contributed by atoms with van der Waals surface area (Å²) in [4.78, 5) is 1.10. The highest BCUT2D eigenvalue weighted by Gasteiger charge is 2.17. The van der Waals surface area contributed by atoms with Gasteiger partial charge < -0.3 is 0 Å². The van der Waals surface area contributed by atoms with E-state index in [2.05, 4.69) is 60.0 Å². The van der Waals surface area contributed by atoms with Gasteiger partial charge in [-0.25, -0.2) is 0 Å². The summed E-state index contributed by atoms with van der Waals surface area (Å²) in [7, 11) is 0. The molecule has 20 heavy (non-hydrogen) atoms. The van der Waals surface area contributed by atoms with Crippen molar-refractivity contribution in [3.8, 4) is 0 Å². The lowest BCUT2D eigenvalue weighted by molar-refractivity contribution is 0.555. The standard InChI is InChI=1S/C15H22N4S/c1-10-14(20-19-18-10)13(17-16)9-11-5-7-12(8-6-11)15(2,3)4/h5-8,13,17H,9,16H2,1-4H3. The maximum absolute atomic E-state index is 5.68. The highest BCUT2D eigenvalue weighted by Crippen LogP contribution is 2.25. The molecule has 0 saturated carbocycles. The van der Waals surface area contributed by atoms with Crippen molar-refractivity contribution in [2.24, 2.45) is 5.84 Å². The van der Waals surface area contributed by atoms with Gasteiger partial charge in [0.15, 0.2) is 0 Å². The maximum Gasteiger partial charge on any atom is 0.0773 e. The third-order valence-electron chi connectivity index (χ3n) is 3.46. The van der Waals surface area contributed by atoms with Crippen LogP contribution in [0.4, 0.5) is 0 Å². The maximum atomic E-state index is 5.68. The fraction of sp³-hybridized carbons (Fsp3) is 0.467. The van der Waals surface area contributed by atoms with Gasteiger partial charge in [0.25, 0.3) is 0 Å². The summed E-state index contributed by atoms with van der Waals surface area (Å²) < 4.78 is 3.97. The van der Waals surface area contributed by atoms with Crippen LogP contribution in [-0.4, -0.2) is 9.59 Å². The molecule has 0 aliphatic heterocycles. The Labute approximate surface area is 124 Å². The zero-order valence-corrected chi connectivity index (χ0v) is 13.3. The van der Waals surface area contributed by atoms with E-state index in [1.807, 2.05) is 6.92 Å². The average Bonchev–Trinajstić information content (AvgIpc) is 2.82. The second kappa shape index (κ2) is 5.99. The number of nitrogens with zero attached hydrogens (tertiary/aromatic N) is 2. The molecule has 108 valence electrons. The first-order chi connectivity index (χ1) is 9.41. The predicted molar refractivity (Wildman–Crippen MR) is 83.6 cm³/mol. The van der Waals surface area contributed by atoms with Crippen LogP contribution >= 0.6 is 11.5 Å². The van der Waals surface area contributed by atoms with Gasteiger partial charge in [0.05, 0.1) is 16.6 Å². The molecule has 5 heteroatoms. The van der Waals surface area contributed by atoms with Gasteiger partial charge in [0, 0.05) is 0 Å². The Morgan fingerprint density at radius 2 is 1.90 bits per heavy atom. The Balaban J connectivity index is 2.15. The summed E-state index contributed by atoms with van der Waals surface area (Å²) in [5.74, 6) is 5.68. The van der Waals surface area contributed by atoms with Gasteiger partial charge in [-0.2, -0.15) is 0 Å². The quantitative estimate of drug-likeness (QED) is 0.671. The van der Waals surface area contributed by atoms with Crippen LogP contribution in [0.2, 0.25) is 0 Å². The third-order valence-corrected chi connectivity index (χ3v) is 4.40. The van der Waals surface area contributed by atoms with Crippen molar-refractivity contribution >= 4 is 11.5 Å². The Morgan fingerprint density at radius 1 is 1.25 bits per heavy atom. The fourth-order valence-corrected chi connectivity index (χ4v) is 2.86. The Bertz CT molecular complexity index is 554. The molecule has 1 heterocycles. The van der Waals surface area contributed by atoms with Crippen LogP contribution in [0.5, 0.6) is 0 Å². The van der Waals surface area contributed by atoms with Crippen molar-refractivity contribution in [1.82, 2.24) is 15.0 Å². The van der Waals surface area contributed by atoms with Gasteiger partial charge in [0.2, 0.25) is 0 Å². The number of rotatable bonds is 4. The van der Waals surface area contributed by atoms with E-state index in [1.54, 1.807) is 0 Å². The molecule has 0 saturated heterocycles. The number of nitrogens with one attached hydrogen (secondary N) is 1. The number of hydrazine groups is 1. The monoisotopic (exact) mass is 290 g/mol. The normalized spacial score (nSPS) is 13.4. The molecule has 1 unspecified atom stereocenters. The van der Waals surface area contributed by atoms with Crippen LogP contribution in [0, 0.1) is 6.92 Å². The number of hydrogen-bond acceptors (Lipinski definition) is 5. The molecule has 0 fully saturated rings. The highest BCUT2D eigenvalue weighted by molar-refractivity contribution is 7.05. The van der Waals surface area contributed by atoms with Crippen molar-refractivity contribution < 1.29 is 0 Å². The second-order valence-electron chi connectivity index (χ2n) is 6.09. The topological polar surface area (TPSA) is 63.8 Å². The molecule has 0 spiro atoms. The number of aryl methyl sites for hydroxylation is 1. The van der Waals surface area contributed by atoms with Gasteiger partial charge in [-0.1, -0.05) is 49.5 Å². The summed E-state index contributed by atoms with van der Waals surface area (Å²) in [6, 6.07) is 8.81. The third kappa shape index (κ3) is 3.42. The van der Waals surface area contributed by atoms with Gasteiger partial charge >= 0.3 is 0 Å². The Kier molecular flexibility index (Phi) is 4.52. The van der Waals surface area contributed by atoms with Crippen molar-refractivity contribution in [3.05, 3.63) is 46.0 Å². The van der Waals surface area contributed by atoms with Gasteiger partial charge in [0.1, 0.15) is 0 Å². The first kappa shape index (κ1) is 15.1. The van der Waals surface area contributed by atoms with E-state index in [4.69, 9.17) is 5.84 Å². The van der Waals surface area contributed by atoms with Crippen LogP contribution in [0.3, 0.4) is 0 Å². The van der Waals surface area contributed by atoms with Crippen molar-refractivity contribution in [2.45, 2.75) is 45.6 Å². The van der Waals surface area contributed by atoms with E-state index in [1.165, 1.54) is 22.7 Å². The van der Waals surface area contributed by atoms with Crippen LogP contribution in [0.1, 0.15) is 48.5 Å². The molecule has 3 N–H and O–H groups in total. The van der Waals surface area contributed by atoms with Crippen molar-refractivity contribution in [3.63, 3.8) is 0 Å². The largest absolute Gasteiger partial charge is 0.271 e. The number of aromatic nitrogens is 2. The summed E-state index contributed by atoms with van der Waals surface area (Å²) in [6.45, 7) is 8.63. The van der Waals surface area contributed by atoms with Crippen molar-refractivity contribution in [1.29, 1.82) is 0 Å². The molecular weight excluding hydrogens is 268 g/mol. The minimum atomic E-state index is 0.0653. The summed E-state index contributed by atoms with van der Waals surface area (Å²) >= 11 is 1.41. The molecule has 0 aliphatic rings. The molecule has 1 atom stereocenters. The first-order valence-electron chi connectivity index (χ1n) is 6.76. The SMILES string of the molecule is Cc1nnsc1C(Cc1ccc(C(C)(C)C)cc1)NN. The molecule has 0 radical (unpaired) electrons. The van der Waals surface area contributed by atoms with Crippen LogP contribution in [0.15, 0.2) is 24.3 Å². The molecule has 2 aromatic rings. The summed E-state index contributed by atoms with van der Waals surface area (Å²) in [5.41, 5.74) is 6.60. The zero-order valence-electron chi connectivity index (χ0n) is 12.5. The van der Waals surface area contributed by atoms with E-state index in [-0.39, 0.29) is 11.5 Å². The smallest absolute Gasteiger partial charge is 0.0773 e. The molecule has 0 amide bonds. The molecule has 1 aromatic carbocycles. The molecular formula is C15H22N4S. The van der Waals surface area contributed by atoms with Gasteiger partial charge in [-0.05, 0) is 41.4 Å². The van der Waals surface area contributed by atoms with Gasteiger partial charge in [-0.15, -0.1) is 5.10 Å². The lowest BCUT2D eigenvalue weighted by atomic mass is 9.86. The van der Waals surface area contributed by atoms with Crippen molar-refractivity contribution in [2.75, 3.05) is 0 Å². The van der Waals surface area contributed by atoms with E-state index >= 15 is 0 Å². The molecule has 1 aromatic heterocycles. The van der Waals surface area contributed by atoms with E-state index in [0.29, 0.717) is 0 Å². The Morgan fingerprint density at radius 3 is 2.35 bits per heavy atom.